The van der Waals surface area contributed by atoms with Gasteiger partial charge in [-0.05, 0) is 17.7 Å². The maximum atomic E-state index is 11.9. The van der Waals surface area contributed by atoms with Crippen LogP contribution in [0.3, 0.4) is 0 Å². The maximum absolute atomic E-state index is 11.9. The van der Waals surface area contributed by atoms with Gasteiger partial charge in [-0.3, -0.25) is 4.79 Å². The second kappa shape index (κ2) is 5.79. The molecule has 0 saturated heterocycles. The number of phenolic OH excluding ortho intramolecular Hbond substituents is 1. The molecule has 3 nitrogen and oxygen atoms in total. The van der Waals surface area contributed by atoms with E-state index < -0.39 is 12.4 Å². The highest BCUT2D eigenvalue weighted by molar-refractivity contribution is 9.09. The highest BCUT2D eigenvalue weighted by Gasteiger charge is 2.10. The summed E-state index contributed by atoms with van der Waals surface area (Å²) >= 11 is 3.00. The summed E-state index contributed by atoms with van der Waals surface area (Å²) in [5, 5.41) is 9.56. The van der Waals surface area contributed by atoms with Crippen molar-refractivity contribution in [1.82, 2.24) is 0 Å². The van der Waals surface area contributed by atoms with Gasteiger partial charge in [0.2, 0.25) is 0 Å². The van der Waals surface area contributed by atoms with Gasteiger partial charge < -0.3 is 9.84 Å². The Kier molecular flexibility index (Phi) is 4.67. The van der Waals surface area contributed by atoms with Gasteiger partial charge in [0.05, 0.1) is 5.33 Å². The number of ketones is 1. The van der Waals surface area contributed by atoms with Crippen molar-refractivity contribution in [3.63, 3.8) is 0 Å². The number of carbonyl (C=O) groups is 1. The first-order valence-electron chi connectivity index (χ1n) is 4.37. The first-order chi connectivity index (χ1) is 7.52. The number of ether oxygens (including phenoxy) is 1. The van der Waals surface area contributed by atoms with Crippen molar-refractivity contribution < 1.29 is 23.4 Å². The number of hydrogen-bond acceptors (Lipinski definition) is 3. The molecule has 0 bridgehead atoms. The minimum absolute atomic E-state index is 0.0677. The fraction of sp³-hybridized carbons (Fsp3) is 0.300. The summed E-state index contributed by atoms with van der Waals surface area (Å²) in [5.41, 5.74) is 0.545. The summed E-state index contributed by atoms with van der Waals surface area (Å²) in [7, 11) is 0. The van der Waals surface area contributed by atoms with Crippen LogP contribution < -0.4 is 4.74 Å². The minimum Gasteiger partial charge on any atom is -0.504 e. The van der Waals surface area contributed by atoms with Gasteiger partial charge in [0, 0.05) is 6.42 Å². The fourth-order valence-electron chi connectivity index (χ4n) is 1.14. The van der Waals surface area contributed by atoms with Gasteiger partial charge in [-0.2, -0.15) is 8.78 Å². The lowest BCUT2D eigenvalue weighted by Gasteiger charge is -2.07. The van der Waals surface area contributed by atoms with E-state index in [1.165, 1.54) is 18.2 Å². The molecule has 0 aliphatic carbocycles. The number of phenols is 1. The van der Waals surface area contributed by atoms with Crippen LogP contribution in [0.25, 0.3) is 0 Å². The molecule has 0 aromatic heterocycles. The zero-order valence-corrected chi connectivity index (χ0v) is 9.71. The Morgan fingerprint density at radius 2 is 2.19 bits per heavy atom. The molecule has 88 valence electrons. The van der Waals surface area contributed by atoms with E-state index in [0.717, 1.165) is 0 Å². The first-order valence-corrected chi connectivity index (χ1v) is 5.49. The van der Waals surface area contributed by atoms with Crippen LogP contribution in [0.5, 0.6) is 11.5 Å². The van der Waals surface area contributed by atoms with Crippen LogP contribution in [-0.2, 0) is 11.2 Å². The highest BCUT2D eigenvalue weighted by atomic mass is 79.9. The Bertz CT molecular complexity index is 382. The van der Waals surface area contributed by atoms with E-state index in [-0.39, 0.29) is 23.3 Å². The zero-order chi connectivity index (χ0) is 12.1. The van der Waals surface area contributed by atoms with E-state index in [4.69, 9.17) is 0 Å². The molecule has 16 heavy (non-hydrogen) atoms. The molecule has 6 heteroatoms. The first kappa shape index (κ1) is 12.9. The normalized spacial score (nSPS) is 10.5. The van der Waals surface area contributed by atoms with Crippen LogP contribution in [-0.4, -0.2) is 22.8 Å². The standard InChI is InChI=1S/C10H9BrF2O3/c11-5-7(14)3-6-1-2-9(8(15)4-6)16-10(12)13/h1-2,4,10,15H,3,5H2. The molecule has 1 aromatic rings. The lowest BCUT2D eigenvalue weighted by Crippen LogP contribution is -2.05. The van der Waals surface area contributed by atoms with Gasteiger partial charge in [0.15, 0.2) is 11.5 Å². The molecule has 1 aromatic carbocycles. The highest BCUT2D eigenvalue weighted by Crippen LogP contribution is 2.28. The summed E-state index contributed by atoms with van der Waals surface area (Å²) in [6, 6.07) is 3.90. The van der Waals surface area contributed by atoms with E-state index in [1.54, 1.807) is 0 Å². The summed E-state index contributed by atoms with van der Waals surface area (Å²) in [6.07, 6.45) is 0.133. The maximum Gasteiger partial charge on any atom is 0.387 e. The lowest BCUT2D eigenvalue weighted by molar-refractivity contribution is -0.115. The van der Waals surface area contributed by atoms with Crippen LogP contribution in [0.1, 0.15) is 5.56 Å². The van der Waals surface area contributed by atoms with E-state index in [9.17, 15) is 18.7 Å². The predicted octanol–water partition coefficient (Wildman–Crippen LogP) is 2.50. The number of alkyl halides is 3. The Balaban J connectivity index is 2.78. The average Bonchev–Trinajstić information content (AvgIpc) is 2.21. The topological polar surface area (TPSA) is 46.5 Å². The molecule has 0 spiro atoms. The molecule has 1 rings (SSSR count). The van der Waals surface area contributed by atoms with E-state index in [2.05, 4.69) is 20.7 Å². The Labute approximate surface area is 99.2 Å². The number of rotatable bonds is 5. The summed E-state index contributed by atoms with van der Waals surface area (Å²) in [5.74, 6) is -0.771. The SMILES string of the molecule is O=C(CBr)Cc1ccc(OC(F)F)c(O)c1. The van der Waals surface area contributed by atoms with E-state index >= 15 is 0 Å². The van der Waals surface area contributed by atoms with E-state index in [0.29, 0.717) is 5.56 Å². The van der Waals surface area contributed by atoms with Gasteiger partial charge in [-0.25, -0.2) is 0 Å². The van der Waals surface area contributed by atoms with Crippen molar-refractivity contribution in [3.8, 4) is 11.5 Å². The third kappa shape index (κ3) is 3.77. The molecule has 0 amide bonds. The predicted molar refractivity (Wildman–Crippen MR) is 57.2 cm³/mol. The largest absolute Gasteiger partial charge is 0.504 e. The molecular weight excluding hydrogens is 286 g/mol. The summed E-state index contributed by atoms with van der Waals surface area (Å²) in [4.78, 5) is 11.1. The second-order valence-corrected chi connectivity index (χ2v) is 3.59. The van der Waals surface area contributed by atoms with Crippen LogP contribution in [0, 0.1) is 0 Å². The number of halogens is 3. The molecule has 0 aliphatic heterocycles. The molecule has 0 atom stereocenters. The minimum atomic E-state index is -2.99. The quantitative estimate of drug-likeness (QED) is 0.849. The summed E-state index contributed by atoms with van der Waals surface area (Å²) in [6.45, 7) is -2.99. The van der Waals surface area contributed by atoms with Crippen molar-refractivity contribution in [2.24, 2.45) is 0 Å². The van der Waals surface area contributed by atoms with Crippen LogP contribution in [0.4, 0.5) is 8.78 Å². The van der Waals surface area contributed by atoms with Crippen molar-refractivity contribution in [2.45, 2.75) is 13.0 Å². The van der Waals surface area contributed by atoms with E-state index in [1.807, 2.05) is 0 Å². The van der Waals surface area contributed by atoms with Gasteiger partial charge >= 0.3 is 6.61 Å². The van der Waals surface area contributed by atoms with Crippen molar-refractivity contribution in [2.75, 3.05) is 5.33 Å². The smallest absolute Gasteiger partial charge is 0.387 e. The third-order valence-electron chi connectivity index (χ3n) is 1.79. The van der Waals surface area contributed by atoms with Crippen LogP contribution >= 0.6 is 15.9 Å². The molecule has 0 radical (unpaired) electrons. The Hall–Kier alpha value is -1.17. The van der Waals surface area contributed by atoms with Crippen molar-refractivity contribution in [3.05, 3.63) is 23.8 Å². The molecular formula is C10H9BrF2O3. The van der Waals surface area contributed by atoms with Crippen molar-refractivity contribution >= 4 is 21.7 Å². The zero-order valence-electron chi connectivity index (χ0n) is 8.12. The lowest BCUT2D eigenvalue weighted by atomic mass is 10.1. The van der Waals surface area contributed by atoms with Gasteiger partial charge in [0.1, 0.15) is 5.78 Å². The Morgan fingerprint density at radius 1 is 1.50 bits per heavy atom. The van der Waals surface area contributed by atoms with Crippen molar-refractivity contribution in [1.29, 1.82) is 0 Å². The fourth-order valence-corrected chi connectivity index (χ4v) is 1.34. The monoisotopic (exact) mass is 294 g/mol. The molecule has 0 saturated carbocycles. The van der Waals surface area contributed by atoms with Crippen LogP contribution in [0.15, 0.2) is 18.2 Å². The number of hydrogen-bond donors (Lipinski definition) is 1. The number of Topliss-reactive ketones (excluding diaryl/α,β-unsaturated/α-hetero) is 1. The number of aromatic hydroxyl groups is 1. The molecule has 0 heterocycles. The molecule has 0 fully saturated rings. The van der Waals surface area contributed by atoms with Crippen LogP contribution in [0.2, 0.25) is 0 Å². The summed E-state index contributed by atoms with van der Waals surface area (Å²) < 4.78 is 27.8. The van der Waals surface area contributed by atoms with Gasteiger partial charge in [-0.15, -0.1) is 0 Å². The number of carbonyl (C=O) groups excluding carboxylic acids is 1. The molecule has 1 N–H and O–H groups in total. The molecule has 0 unspecified atom stereocenters. The Morgan fingerprint density at radius 3 is 2.69 bits per heavy atom. The van der Waals surface area contributed by atoms with Gasteiger partial charge in [0.25, 0.3) is 0 Å². The third-order valence-corrected chi connectivity index (χ3v) is 2.42. The number of benzene rings is 1. The molecule has 0 aliphatic rings. The average molecular weight is 295 g/mol. The second-order valence-electron chi connectivity index (χ2n) is 3.03. The van der Waals surface area contributed by atoms with Gasteiger partial charge in [-0.1, -0.05) is 22.0 Å².